The first-order valence-corrected chi connectivity index (χ1v) is 5.20. The first-order chi connectivity index (χ1) is 7.20. The van der Waals surface area contributed by atoms with Crippen LogP contribution in [0, 0.1) is 12.7 Å². The smallest absolute Gasteiger partial charge is 0.128 e. The average molecular weight is 226 g/mol. The zero-order valence-electron chi connectivity index (χ0n) is 10.2. The quantitative estimate of drug-likeness (QED) is 0.774. The lowest BCUT2D eigenvalue weighted by Crippen LogP contribution is -2.36. The first kappa shape index (κ1) is 12.8. The summed E-state index contributed by atoms with van der Waals surface area (Å²) in [5.41, 5.74) is 6.60. The zero-order chi connectivity index (χ0) is 12.5. The molecule has 0 saturated heterocycles. The van der Waals surface area contributed by atoms with Crippen LogP contribution < -0.4 is 10.6 Å². The summed E-state index contributed by atoms with van der Waals surface area (Å²) >= 11 is 0. The van der Waals surface area contributed by atoms with Gasteiger partial charge in [0.25, 0.3) is 0 Å². The minimum atomic E-state index is -0.816. The Bertz CT molecular complexity index is 385. The number of hydrogen-bond acceptors (Lipinski definition) is 3. The summed E-state index contributed by atoms with van der Waals surface area (Å²) in [6.07, 6.45) is 0. The summed E-state index contributed by atoms with van der Waals surface area (Å²) in [5, 5.41) is 9.71. The highest BCUT2D eigenvalue weighted by atomic mass is 19.1. The monoisotopic (exact) mass is 226 g/mol. The van der Waals surface area contributed by atoms with Crippen LogP contribution >= 0.6 is 0 Å². The Hall–Kier alpha value is -1.29. The van der Waals surface area contributed by atoms with Crippen molar-refractivity contribution in [3.05, 3.63) is 23.5 Å². The summed E-state index contributed by atoms with van der Waals surface area (Å²) in [4.78, 5) is 1.82. The van der Waals surface area contributed by atoms with E-state index >= 15 is 0 Å². The van der Waals surface area contributed by atoms with Crippen molar-refractivity contribution in [2.45, 2.75) is 26.4 Å². The molecule has 0 spiro atoms. The number of halogens is 1. The van der Waals surface area contributed by atoms with Crippen molar-refractivity contribution in [1.82, 2.24) is 0 Å². The summed E-state index contributed by atoms with van der Waals surface area (Å²) in [5.74, 6) is -0.307. The Morgan fingerprint density at radius 3 is 2.50 bits per heavy atom. The van der Waals surface area contributed by atoms with Crippen molar-refractivity contribution in [2.75, 3.05) is 24.2 Å². The second-order valence-electron chi connectivity index (χ2n) is 4.83. The molecule has 0 unspecified atom stereocenters. The molecule has 90 valence electrons. The molecule has 0 aliphatic carbocycles. The van der Waals surface area contributed by atoms with E-state index < -0.39 is 5.60 Å². The van der Waals surface area contributed by atoms with Gasteiger partial charge in [-0.2, -0.15) is 0 Å². The third-order valence-electron chi connectivity index (χ3n) is 2.34. The van der Waals surface area contributed by atoms with Crippen molar-refractivity contribution in [3.63, 3.8) is 0 Å². The fourth-order valence-electron chi connectivity index (χ4n) is 1.68. The lowest BCUT2D eigenvalue weighted by atomic mass is 10.1. The fraction of sp³-hybridized carbons (Fsp3) is 0.500. The van der Waals surface area contributed by atoms with E-state index in [0.29, 0.717) is 17.8 Å². The number of aryl methyl sites for hydroxylation is 1. The second kappa shape index (κ2) is 4.29. The van der Waals surface area contributed by atoms with Crippen molar-refractivity contribution in [1.29, 1.82) is 0 Å². The summed E-state index contributed by atoms with van der Waals surface area (Å²) in [6.45, 7) is 5.56. The number of hydrogen-bond donors (Lipinski definition) is 2. The fourth-order valence-corrected chi connectivity index (χ4v) is 1.68. The third-order valence-corrected chi connectivity index (χ3v) is 2.34. The van der Waals surface area contributed by atoms with E-state index in [0.717, 1.165) is 5.69 Å². The summed E-state index contributed by atoms with van der Waals surface area (Å²) in [6, 6.07) is 3.00. The largest absolute Gasteiger partial charge is 0.397 e. The van der Waals surface area contributed by atoms with Gasteiger partial charge in [0.05, 0.1) is 17.0 Å². The molecule has 0 amide bonds. The Morgan fingerprint density at radius 1 is 1.44 bits per heavy atom. The predicted octanol–water partition coefficient (Wildman–Crippen LogP) is 1.92. The number of nitrogens with two attached hydrogens (primary N) is 1. The third kappa shape index (κ3) is 3.10. The highest BCUT2D eigenvalue weighted by molar-refractivity contribution is 5.68. The molecule has 1 rings (SSSR count). The van der Waals surface area contributed by atoms with Crippen LogP contribution in [0.2, 0.25) is 0 Å². The van der Waals surface area contributed by atoms with Gasteiger partial charge >= 0.3 is 0 Å². The molecule has 0 aromatic heterocycles. The van der Waals surface area contributed by atoms with Crippen LogP contribution in [-0.2, 0) is 0 Å². The Morgan fingerprint density at radius 2 is 2.00 bits per heavy atom. The Labute approximate surface area is 95.7 Å². The van der Waals surface area contributed by atoms with Crippen LogP contribution in [0.25, 0.3) is 0 Å². The highest BCUT2D eigenvalue weighted by Gasteiger charge is 2.18. The van der Waals surface area contributed by atoms with Crippen LogP contribution in [0.1, 0.15) is 19.4 Å². The number of rotatable bonds is 3. The first-order valence-electron chi connectivity index (χ1n) is 5.20. The molecular formula is C12H19FN2O. The van der Waals surface area contributed by atoms with Gasteiger partial charge in [-0.05, 0) is 38.5 Å². The number of aliphatic hydroxyl groups is 1. The van der Waals surface area contributed by atoms with Crippen molar-refractivity contribution < 1.29 is 9.50 Å². The normalized spacial score (nSPS) is 11.6. The number of nitrogen functional groups attached to an aromatic ring is 1. The molecule has 0 fully saturated rings. The van der Waals surface area contributed by atoms with E-state index in [-0.39, 0.29) is 5.82 Å². The molecule has 4 heteroatoms. The maximum atomic E-state index is 13.2. The van der Waals surface area contributed by atoms with Gasteiger partial charge in [0.1, 0.15) is 5.82 Å². The predicted molar refractivity (Wildman–Crippen MR) is 65.1 cm³/mol. The molecule has 0 radical (unpaired) electrons. The Kier molecular flexibility index (Phi) is 3.43. The number of anilines is 2. The number of likely N-dealkylation sites (N-methyl/N-ethyl adjacent to an activating group) is 1. The minimum absolute atomic E-state index is 0.307. The van der Waals surface area contributed by atoms with Crippen LogP contribution in [0.4, 0.5) is 15.8 Å². The number of benzene rings is 1. The van der Waals surface area contributed by atoms with Crippen molar-refractivity contribution in [3.8, 4) is 0 Å². The van der Waals surface area contributed by atoms with Crippen LogP contribution in [-0.4, -0.2) is 24.3 Å². The van der Waals surface area contributed by atoms with E-state index in [1.54, 1.807) is 26.8 Å². The van der Waals surface area contributed by atoms with Gasteiger partial charge in [-0.25, -0.2) is 4.39 Å². The van der Waals surface area contributed by atoms with Crippen molar-refractivity contribution in [2.24, 2.45) is 0 Å². The highest BCUT2D eigenvalue weighted by Crippen LogP contribution is 2.26. The molecular weight excluding hydrogens is 207 g/mol. The standard InChI is InChI=1S/C12H19FN2O/c1-8-5-11(10(14)6-9(8)13)15(4)7-12(2,3)16/h5-6,16H,7,14H2,1-4H3. The van der Waals surface area contributed by atoms with Crippen LogP contribution in [0.3, 0.4) is 0 Å². The molecule has 0 aliphatic heterocycles. The van der Waals surface area contributed by atoms with Crippen LogP contribution in [0.15, 0.2) is 12.1 Å². The second-order valence-corrected chi connectivity index (χ2v) is 4.83. The van der Waals surface area contributed by atoms with E-state index in [1.165, 1.54) is 6.07 Å². The molecule has 0 saturated carbocycles. The van der Waals surface area contributed by atoms with Gasteiger partial charge in [0, 0.05) is 13.6 Å². The van der Waals surface area contributed by atoms with Gasteiger partial charge in [-0.3, -0.25) is 0 Å². The maximum Gasteiger partial charge on any atom is 0.128 e. The Balaban J connectivity index is 3.00. The van der Waals surface area contributed by atoms with E-state index in [1.807, 2.05) is 11.9 Å². The molecule has 16 heavy (non-hydrogen) atoms. The molecule has 3 nitrogen and oxygen atoms in total. The molecule has 0 heterocycles. The maximum absolute atomic E-state index is 13.2. The van der Waals surface area contributed by atoms with Gasteiger partial charge in [0.2, 0.25) is 0 Å². The summed E-state index contributed by atoms with van der Waals surface area (Å²) < 4.78 is 13.2. The van der Waals surface area contributed by atoms with Gasteiger partial charge in [-0.1, -0.05) is 0 Å². The van der Waals surface area contributed by atoms with E-state index in [2.05, 4.69) is 0 Å². The van der Waals surface area contributed by atoms with Gasteiger partial charge in [-0.15, -0.1) is 0 Å². The van der Waals surface area contributed by atoms with Crippen LogP contribution in [0.5, 0.6) is 0 Å². The topological polar surface area (TPSA) is 49.5 Å². The molecule has 0 aliphatic rings. The lowest BCUT2D eigenvalue weighted by molar-refractivity contribution is 0.0886. The lowest BCUT2D eigenvalue weighted by Gasteiger charge is -2.28. The molecule has 0 bridgehead atoms. The zero-order valence-corrected chi connectivity index (χ0v) is 10.2. The molecule has 1 aromatic carbocycles. The molecule has 1 aromatic rings. The van der Waals surface area contributed by atoms with E-state index in [9.17, 15) is 9.50 Å². The number of nitrogens with zero attached hydrogens (tertiary/aromatic N) is 1. The molecule has 3 N–H and O–H groups in total. The van der Waals surface area contributed by atoms with E-state index in [4.69, 9.17) is 5.73 Å². The summed E-state index contributed by atoms with van der Waals surface area (Å²) in [7, 11) is 1.82. The SMILES string of the molecule is Cc1cc(N(C)CC(C)(C)O)c(N)cc1F. The average Bonchev–Trinajstić information content (AvgIpc) is 2.08. The van der Waals surface area contributed by atoms with Crippen molar-refractivity contribution >= 4 is 11.4 Å². The molecule has 0 atom stereocenters. The van der Waals surface area contributed by atoms with Gasteiger partial charge in [0.15, 0.2) is 0 Å². The van der Waals surface area contributed by atoms with Gasteiger partial charge < -0.3 is 15.7 Å². The minimum Gasteiger partial charge on any atom is -0.397 e.